The number of allylic oxidation sites excluding steroid dienone is 10. The van der Waals surface area contributed by atoms with Crippen LogP contribution in [-0.2, 0) is 0 Å². The molecule has 0 saturated carbocycles. The molecule has 3 aliphatic carbocycles. The lowest BCUT2D eigenvalue weighted by Crippen LogP contribution is -2.44. The van der Waals surface area contributed by atoms with Crippen LogP contribution in [0.2, 0.25) is 0 Å². The summed E-state index contributed by atoms with van der Waals surface area (Å²) >= 11 is 0. The fourth-order valence-corrected chi connectivity index (χ4v) is 5.74. The van der Waals surface area contributed by atoms with E-state index in [1.807, 2.05) is 36.4 Å². The Hall–Kier alpha value is -6.98. The Morgan fingerprint density at radius 1 is 0.571 bits per heavy atom. The lowest BCUT2D eigenvalue weighted by molar-refractivity contribution is -0.186. The summed E-state index contributed by atoms with van der Waals surface area (Å²) in [5.41, 5.74) is 3.50. The minimum atomic E-state index is -2.56. The highest BCUT2D eigenvalue weighted by molar-refractivity contribution is 6.11. The minimum Gasteiger partial charge on any atom is -0.509 e. The molecule has 0 amide bonds. The first-order valence-electron chi connectivity index (χ1n) is 17.5. The van der Waals surface area contributed by atoms with Gasteiger partial charge in [-0.15, -0.1) is 0 Å². The quantitative estimate of drug-likeness (QED) is 0.0514. The largest absolute Gasteiger partial charge is 0.509 e. The molecule has 0 fully saturated rings. The molecule has 284 valence electrons. The number of fused-ring (bicyclic) bond motifs is 2. The number of Topliss-reactive ketones (excluding diaryl/α,β-unsaturated/α-hetero) is 1. The van der Waals surface area contributed by atoms with Crippen LogP contribution in [0.15, 0.2) is 186 Å². The Balaban J connectivity index is 0.000000147. The fourth-order valence-electron chi connectivity index (χ4n) is 5.74. The second-order valence-electron chi connectivity index (χ2n) is 12.7. The van der Waals surface area contributed by atoms with Gasteiger partial charge in [0.2, 0.25) is 11.5 Å². The van der Waals surface area contributed by atoms with E-state index in [1.54, 1.807) is 66.7 Å². The summed E-state index contributed by atoms with van der Waals surface area (Å²) in [7, 11) is 0. The van der Waals surface area contributed by atoms with E-state index < -0.39 is 46.5 Å². The van der Waals surface area contributed by atoms with Crippen molar-refractivity contribution in [1.29, 1.82) is 0 Å². The number of rotatable bonds is 4. The Morgan fingerprint density at radius 3 is 1.70 bits per heavy atom. The lowest BCUT2D eigenvalue weighted by atomic mass is 9.92. The molecule has 0 radical (unpaired) electrons. The first kappa shape index (κ1) is 40.2. The average molecular weight is 753 g/mol. The van der Waals surface area contributed by atoms with Crippen molar-refractivity contribution in [2.24, 2.45) is 0 Å². The van der Waals surface area contributed by atoms with E-state index in [0.717, 1.165) is 41.8 Å². The number of aliphatic hydroxyl groups excluding tert-OH is 2. The smallest absolute Gasteiger partial charge is 0.217 e. The second-order valence-corrected chi connectivity index (χ2v) is 12.7. The zero-order valence-electron chi connectivity index (χ0n) is 30.0. The summed E-state index contributed by atoms with van der Waals surface area (Å²) in [4.78, 5) is 24.0. The summed E-state index contributed by atoms with van der Waals surface area (Å²) in [5.74, 6) is -5.65. The van der Waals surface area contributed by atoms with Crippen molar-refractivity contribution in [1.82, 2.24) is 0 Å². The van der Waals surface area contributed by atoms with E-state index >= 15 is 0 Å². The molecule has 0 aliphatic heterocycles. The molecule has 0 spiro atoms. The molecule has 5 aromatic carbocycles. The van der Waals surface area contributed by atoms with Crippen molar-refractivity contribution in [2.75, 3.05) is 0 Å². The molecule has 8 rings (SSSR count). The highest BCUT2D eigenvalue weighted by Gasteiger charge is 2.39. The Bertz CT molecular complexity index is 2350. The summed E-state index contributed by atoms with van der Waals surface area (Å²) < 4.78 is 0. The number of ketones is 2. The molecular formula is C46H40O10. The zero-order valence-corrected chi connectivity index (χ0v) is 30.0. The molecular weight excluding hydrogens is 712 g/mol. The van der Waals surface area contributed by atoms with Crippen LogP contribution in [0.5, 0.6) is 23.0 Å². The standard InChI is InChI=1S/C13H12O5.C13H10O4.C10H8O.C10H10/c14-10(8-4-2-1-3-5-8)9-6-7-13(17,18)12(16)11(9)15;14-10-7-6-9(12(16)13(10)17)11(15)8-4-2-1-3-5-8;11-10-7-3-5-8-4-1-2-6-9(8)10;1-2-6-10-8-4-3-7-9(10)5-1/h1-7,12,15-18H;1-7,14,16-17H;1-7,11H;1-5,8H,6-7H2. The Labute approximate surface area is 322 Å². The topological polar surface area (TPSA) is 196 Å². The van der Waals surface area contributed by atoms with E-state index in [-0.39, 0.29) is 11.1 Å². The summed E-state index contributed by atoms with van der Waals surface area (Å²) in [6, 6.07) is 32.3. The molecule has 1 unspecified atom stereocenters. The lowest BCUT2D eigenvalue weighted by Gasteiger charge is -2.27. The van der Waals surface area contributed by atoms with Gasteiger partial charge in [-0.1, -0.05) is 134 Å². The van der Waals surface area contributed by atoms with E-state index in [4.69, 9.17) is 5.11 Å². The van der Waals surface area contributed by atoms with Crippen molar-refractivity contribution >= 4 is 22.3 Å². The van der Waals surface area contributed by atoms with Gasteiger partial charge in [0.15, 0.2) is 29.2 Å². The van der Waals surface area contributed by atoms with E-state index in [0.29, 0.717) is 16.9 Å². The number of carbonyl (C=O) groups excluding carboxylic acids is 2. The van der Waals surface area contributed by atoms with Gasteiger partial charge in [-0.2, -0.15) is 0 Å². The maximum atomic E-state index is 12.0. The summed E-state index contributed by atoms with van der Waals surface area (Å²) in [5, 5.41) is 77.1. The van der Waals surface area contributed by atoms with E-state index in [1.165, 1.54) is 17.2 Å². The SMILES string of the molecule is C1=CCC2=CC=CCC2=C1.O=C(C1=C(O)C(O)C(O)(O)C=C1)c1ccccc1.O=C(c1ccccc1)c1ccc(O)c(O)c1O.Oc1cccc2ccccc12. The van der Waals surface area contributed by atoms with Crippen molar-refractivity contribution in [3.63, 3.8) is 0 Å². The van der Waals surface area contributed by atoms with Gasteiger partial charge in [-0.3, -0.25) is 9.59 Å². The van der Waals surface area contributed by atoms with Crippen LogP contribution in [0.25, 0.3) is 10.8 Å². The van der Waals surface area contributed by atoms with Crippen LogP contribution >= 0.6 is 0 Å². The molecule has 10 heteroatoms. The van der Waals surface area contributed by atoms with Crippen molar-refractivity contribution < 1.29 is 50.4 Å². The fraction of sp³-hybridized carbons (Fsp3) is 0.0870. The van der Waals surface area contributed by atoms with Gasteiger partial charge >= 0.3 is 0 Å². The van der Waals surface area contributed by atoms with Crippen LogP contribution in [-0.4, -0.2) is 64.3 Å². The normalized spacial score (nSPS) is 16.0. The second kappa shape index (κ2) is 18.4. The average Bonchev–Trinajstić information content (AvgIpc) is 3.23. The van der Waals surface area contributed by atoms with Crippen molar-refractivity contribution in [3.8, 4) is 23.0 Å². The van der Waals surface area contributed by atoms with Gasteiger partial charge in [0, 0.05) is 16.5 Å². The molecule has 8 N–H and O–H groups in total. The van der Waals surface area contributed by atoms with E-state index in [9.17, 15) is 45.3 Å². The first-order valence-corrected chi connectivity index (χ1v) is 17.5. The maximum absolute atomic E-state index is 12.0. The number of hydrogen-bond acceptors (Lipinski definition) is 10. The summed E-state index contributed by atoms with van der Waals surface area (Å²) in [6.07, 6.45) is 15.3. The Kier molecular flexibility index (Phi) is 13.2. The zero-order chi connectivity index (χ0) is 40.2. The molecule has 0 aromatic heterocycles. The number of phenolic OH excluding ortho intramolecular Hbond substituents is 4. The van der Waals surface area contributed by atoms with Crippen LogP contribution in [0.4, 0.5) is 0 Å². The van der Waals surface area contributed by atoms with Gasteiger partial charge in [-0.25, -0.2) is 0 Å². The first-order chi connectivity index (χ1) is 26.9. The van der Waals surface area contributed by atoms with Gasteiger partial charge in [0.25, 0.3) is 0 Å². The monoisotopic (exact) mass is 752 g/mol. The molecule has 5 aromatic rings. The summed E-state index contributed by atoms with van der Waals surface area (Å²) in [6.45, 7) is 0. The van der Waals surface area contributed by atoms with Crippen molar-refractivity contribution in [3.05, 3.63) is 203 Å². The van der Waals surface area contributed by atoms with E-state index in [2.05, 4.69) is 36.5 Å². The van der Waals surface area contributed by atoms with Crippen LogP contribution in [0, 0.1) is 0 Å². The number of benzene rings is 5. The predicted molar refractivity (Wildman–Crippen MR) is 213 cm³/mol. The predicted octanol–water partition coefficient (Wildman–Crippen LogP) is 7.63. The Morgan fingerprint density at radius 2 is 1.11 bits per heavy atom. The van der Waals surface area contributed by atoms with Gasteiger partial charge in [0.05, 0.1) is 11.1 Å². The number of carbonyl (C=O) groups is 2. The van der Waals surface area contributed by atoms with Crippen LogP contribution in [0.3, 0.4) is 0 Å². The van der Waals surface area contributed by atoms with Crippen LogP contribution < -0.4 is 0 Å². The molecule has 3 aliphatic rings. The molecule has 0 saturated heterocycles. The maximum Gasteiger partial charge on any atom is 0.217 e. The third-order valence-corrected chi connectivity index (χ3v) is 8.85. The third kappa shape index (κ3) is 9.76. The van der Waals surface area contributed by atoms with Gasteiger partial charge in [0.1, 0.15) is 11.5 Å². The van der Waals surface area contributed by atoms with Crippen LogP contribution in [0.1, 0.15) is 39.1 Å². The highest BCUT2D eigenvalue weighted by Crippen LogP contribution is 2.38. The molecule has 10 nitrogen and oxygen atoms in total. The molecule has 0 bridgehead atoms. The molecule has 0 heterocycles. The van der Waals surface area contributed by atoms with Gasteiger partial charge < -0.3 is 40.9 Å². The van der Waals surface area contributed by atoms with Gasteiger partial charge in [-0.05, 0) is 59.7 Å². The third-order valence-electron chi connectivity index (χ3n) is 8.85. The number of hydrogen-bond donors (Lipinski definition) is 8. The molecule has 56 heavy (non-hydrogen) atoms. The van der Waals surface area contributed by atoms with Crippen molar-refractivity contribution in [2.45, 2.75) is 24.7 Å². The number of aliphatic hydroxyl groups is 4. The number of aromatic hydroxyl groups is 4. The minimum absolute atomic E-state index is 0.0495. The highest BCUT2D eigenvalue weighted by atomic mass is 16.5. The molecule has 1 atom stereocenters. The number of phenols is 4.